The van der Waals surface area contributed by atoms with Gasteiger partial charge in [-0.25, -0.2) is 4.79 Å². The van der Waals surface area contributed by atoms with Gasteiger partial charge in [0.1, 0.15) is 12.2 Å². The fraction of sp³-hybridized carbons (Fsp3) is 0.545. The van der Waals surface area contributed by atoms with Gasteiger partial charge in [-0.15, -0.1) is 0 Å². The molecule has 1 aromatic heterocycles. The number of nitrogens with zero attached hydrogens (tertiary/aromatic N) is 1. The standard InChI is InChI=1S/C11H17N3O4/c1-4-18-9(15)6-14(7(2)3)10(16)8-5-12-11(17)13-8/h5,7H,4,6H2,1-3H3,(H2,12,13,17). The minimum Gasteiger partial charge on any atom is -0.465 e. The van der Waals surface area contributed by atoms with Crippen LogP contribution in [0.4, 0.5) is 0 Å². The lowest BCUT2D eigenvalue weighted by Crippen LogP contribution is -2.41. The molecule has 7 nitrogen and oxygen atoms in total. The molecule has 18 heavy (non-hydrogen) atoms. The lowest BCUT2D eigenvalue weighted by atomic mass is 10.3. The summed E-state index contributed by atoms with van der Waals surface area (Å²) in [5, 5.41) is 0. The number of ether oxygens (including phenoxy) is 1. The predicted octanol–water partition coefficient (Wildman–Crippen LogP) is 0.117. The summed E-state index contributed by atoms with van der Waals surface area (Å²) in [7, 11) is 0. The summed E-state index contributed by atoms with van der Waals surface area (Å²) in [6, 6.07) is -0.180. The summed E-state index contributed by atoms with van der Waals surface area (Å²) in [5.74, 6) is -0.895. The van der Waals surface area contributed by atoms with Crippen molar-refractivity contribution in [3.63, 3.8) is 0 Å². The molecule has 0 saturated carbocycles. The minimum atomic E-state index is -0.475. The Labute approximate surface area is 104 Å². The first-order valence-electron chi connectivity index (χ1n) is 5.70. The molecule has 0 atom stereocenters. The Kier molecular flexibility index (Phi) is 4.70. The zero-order chi connectivity index (χ0) is 13.7. The molecular formula is C11H17N3O4. The Morgan fingerprint density at radius 3 is 2.56 bits per heavy atom. The monoisotopic (exact) mass is 255 g/mol. The Bertz CT molecular complexity index is 475. The number of carbonyl (C=O) groups is 2. The zero-order valence-electron chi connectivity index (χ0n) is 10.6. The van der Waals surface area contributed by atoms with Gasteiger partial charge >= 0.3 is 11.7 Å². The molecule has 2 N–H and O–H groups in total. The second-order valence-corrected chi connectivity index (χ2v) is 3.99. The first-order valence-corrected chi connectivity index (χ1v) is 5.70. The molecule has 0 aromatic carbocycles. The molecule has 0 unspecified atom stereocenters. The smallest absolute Gasteiger partial charge is 0.325 e. The SMILES string of the molecule is CCOC(=O)CN(C(=O)c1c[nH]c(=O)[nH]1)C(C)C. The number of carbonyl (C=O) groups excluding carboxylic acids is 2. The molecule has 1 aromatic rings. The van der Waals surface area contributed by atoms with E-state index < -0.39 is 17.6 Å². The van der Waals surface area contributed by atoms with E-state index in [0.717, 1.165) is 0 Å². The second-order valence-electron chi connectivity index (χ2n) is 3.99. The van der Waals surface area contributed by atoms with Gasteiger partial charge in [0.25, 0.3) is 5.91 Å². The van der Waals surface area contributed by atoms with Crippen LogP contribution in [0.2, 0.25) is 0 Å². The molecule has 100 valence electrons. The third kappa shape index (κ3) is 3.47. The zero-order valence-corrected chi connectivity index (χ0v) is 10.6. The van der Waals surface area contributed by atoms with Crippen molar-refractivity contribution in [1.82, 2.24) is 14.9 Å². The van der Waals surface area contributed by atoms with Crippen LogP contribution in [0.15, 0.2) is 11.0 Å². The van der Waals surface area contributed by atoms with Gasteiger partial charge in [0, 0.05) is 12.2 Å². The van der Waals surface area contributed by atoms with Crippen LogP contribution < -0.4 is 5.69 Å². The molecule has 0 bridgehead atoms. The quantitative estimate of drug-likeness (QED) is 0.730. The van der Waals surface area contributed by atoms with Crippen LogP contribution in [0.25, 0.3) is 0 Å². The van der Waals surface area contributed by atoms with Crippen LogP contribution in [-0.4, -0.2) is 45.9 Å². The fourth-order valence-corrected chi connectivity index (χ4v) is 1.44. The molecule has 1 rings (SSSR count). The predicted molar refractivity (Wildman–Crippen MR) is 64.2 cm³/mol. The maximum Gasteiger partial charge on any atom is 0.325 e. The molecular weight excluding hydrogens is 238 g/mol. The van der Waals surface area contributed by atoms with E-state index in [2.05, 4.69) is 9.97 Å². The normalized spacial score (nSPS) is 10.4. The van der Waals surface area contributed by atoms with E-state index in [0.29, 0.717) is 0 Å². The highest BCUT2D eigenvalue weighted by molar-refractivity contribution is 5.94. The number of hydrogen-bond acceptors (Lipinski definition) is 4. The van der Waals surface area contributed by atoms with E-state index >= 15 is 0 Å². The first-order chi connectivity index (χ1) is 8.45. The highest BCUT2D eigenvalue weighted by atomic mass is 16.5. The molecule has 0 aliphatic carbocycles. The number of aromatic amines is 2. The van der Waals surface area contributed by atoms with Crippen LogP contribution in [0.5, 0.6) is 0 Å². The average Bonchev–Trinajstić information content (AvgIpc) is 2.72. The first kappa shape index (κ1) is 14.0. The summed E-state index contributed by atoms with van der Waals surface area (Å²) >= 11 is 0. The van der Waals surface area contributed by atoms with E-state index in [9.17, 15) is 14.4 Å². The van der Waals surface area contributed by atoms with Gasteiger partial charge in [0.05, 0.1) is 6.61 Å². The lowest BCUT2D eigenvalue weighted by molar-refractivity contribution is -0.144. The van der Waals surface area contributed by atoms with E-state index in [-0.39, 0.29) is 24.9 Å². The van der Waals surface area contributed by atoms with Gasteiger partial charge in [-0.3, -0.25) is 9.59 Å². The molecule has 0 aliphatic heterocycles. The summed E-state index contributed by atoms with van der Waals surface area (Å²) < 4.78 is 4.80. The summed E-state index contributed by atoms with van der Waals surface area (Å²) in [6.45, 7) is 5.38. The number of amides is 1. The number of aromatic nitrogens is 2. The van der Waals surface area contributed by atoms with Crippen LogP contribution in [-0.2, 0) is 9.53 Å². The van der Waals surface area contributed by atoms with Gasteiger partial charge in [-0.1, -0.05) is 0 Å². The third-order valence-electron chi connectivity index (χ3n) is 2.32. The Hall–Kier alpha value is -2.05. The van der Waals surface area contributed by atoms with Crippen molar-refractivity contribution in [2.24, 2.45) is 0 Å². The molecule has 0 spiro atoms. The largest absolute Gasteiger partial charge is 0.465 e. The Balaban J connectivity index is 2.82. The van der Waals surface area contributed by atoms with E-state index in [1.165, 1.54) is 11.1 Å². The van der Waals surface area contributed by atoms with Crippen LogP contribution >= 0.6 is 0 Å². The fourth-order valence-electron chi connectivity index (χ4n) is 1.44. The van der Waals surface area contributed by atoms with Crippen LogP contribution in [0, 0.1) is 0 Å². The van der Waals surface area contributed by atoms with Gasteiger partial charge < -0.3 is 19.6 Å². The second kappa shape index (κ2) is 6.04. The van der Waals surface area contributed by atoms with Gasteiger partial charge in [0.15, 0.2) is 0 Å². The number of rotatable bonds is 5. The number of esters is 1. The highest BCUT2D eigenvalue weighted by Gasteiger charge is 2.23. The maximum absolute atomic E-state index is 12.1. The topological polar surface area (TPSA) is 95.3 Å². The van der Waals surface area contributed by atoms with Crippen LogP contribution in [0.3, 0.4) is 0 Å². The Morgan fingerprint density at radius 2 is 2.11 bits per heavy atom. The molecule has 0 saturated heterocycles. The van der Waals surface area contributed by atoms with Crippen molar-refractivity contribution in [2.75, 3.05) is 13.2 Å². The molecule has 0 aliphatic rings. The molecule has 1 heterocycles. The van der Waals surface area contributed by atoms with Crippen molar-refractivity contribution in [2.45, 2.75) is 26.8 Å². The van der Waals surface area contributed by atoms with Crippen molar-refractivity contribution in [3.05, 3.63) is 22.4 Å². The number of imidazole rings is 1. The third-order valence-corrected chi connectivity index (χ3v) is 2.32. The van der Waals surface area contributed by atoms with Crippen molar-refractivity contribution in [1.29, 1.82) is 0 Å². The van der Waals surface area contributed by atoms with Crippen molar-refractivity contribution >= 4 is 11.9 Å². The highest BCUT2D eigenvalue weighted by Crippen LogP contribution is 2.05. The van der Waals surface area contributed by atoms with E-state index in [1.54, 1.807) is 20.8 Å². The van der Waals surface area contributed by atoms with E-state index in [1.807, 2.05) is 0 Å². The van der Waals surface area contributed by atoms with Crippen molar-refractivity contribution < 1.29 is 14.3 Å². The molecule has 0 radical (unpaired) electrons. The molecule has 7 heteroatoms. The minimum absolute atomic E-state index is 0.123. The van der Waals surface area contributed by atoms with E-state index in [4.69, 9.17) is 4.74 Å². The summed E-state index contributed by atoms with van der Waals surface area (Å²) in [5.41, 5.74) is -0.337. The Morgan fingerprint density at radius 1 is 1.44 bits per heavy atom. The number of nitrogens with one attached hydrogen (secondary N) is 2. The van der Waals surface area contributed by atoms with Crippen molar-refractivity contribution in [3.8, 4) is 0 Å². The summed E-state index contributed by atoms with van der Waals surface area (Å²) in [4.78, 5) is 40.4. The molecule has 0 fully saturated rings. The van der Waals surface area contributed by atoms with Gasteiger partial charge in [-0.05, 0) is 20.8 Å². The average molecular weight is 255 g/mol. The number of hydrogen-bond donors (Lipinski definition) is 2. The van der Waals surface area contributed by atoms with Crippen LogP contribution in [0.1, 0.15) is 31.3 Å². The lowest BCUT2D eigenvalue weighted by Gasteiger charge is -2.24. The molecule has 1 amide bonds. The summed E-state index contributed by atoms with van der Waals surface area (Å²) in [6.07, 6.45) is 1.28. The maximum atomic E-state index is 12.1. The van der Waals surface area contributed by atoms with Gasteiger partial charge in [-0.2, -0.15) is 0 Å². The number of H-pyrrole nitrogens is 2. The van der Waals surface area contributed by atoms with Gasteiger partial charge in [0.2, 0.25) is 0 Å².